The molecule has 0 aliphatic rings. The molecule has 2 heterocycles. The topological polar surface area (TPSA) is 47.8 Å². The van der Waals surface area contributed by atoms with Crippen molar-refractivity contribution < 1.29 is 4.79 Å². The van der Waals surface area contributed by atoms with E-state index in [2.05, 4.69) is 10.1 Å². The quantitative estimate of drug-likeness (QED) is 0.668. The average Bonchev–Trinajstić information content (AvgIpc) is 2.75. The SMILES string of the molecule is CC(=O)c1cc2c(C)nn(-c3ccccc3)c2nc1C. The van der Waals surface area contributed by atoms with Gasteiger partial charge in [0.15, 0.2) is 11.4 Å². The molecule has 0 aliphatic heterocycles. The Morgan fingerprint density at radius 1 is 1.10 bits per heavy atom. The molecule has 0 bridgehead atoms. The van der Waals surface area contributed by atoms with Gasteiger partial charge in [0.1, 0.15) is 0 Å². The molecule has 0 radical (unpaired) electrons. The minimum atomic E-state index is 0.0313. The van der Waals surface area contributed by atoms with Crippen molar-refractivity contribution in [3.8, 4) is 5.69 Å². The summed E-state index contributed by atoms with van der Waals surface area (Å²) < 4.78 is 1.82. The molecule has 0 saturated heterocycles. The van der Waals surface area contributed by atoms with E-state index in [0.717, 1.165) is 28.1 Å². The van der Waals surface area contributed by atoms with Crippen LogP contribution in [0.2, 0.25) is 0 Å². The largest absolute Gasteiger partial charge is 0.294 e. The van der Waals surface area contributed by atoms with Crippen molar-refractivity contribution in [1.82, 2.24) is 14.8 Å². The van der Waals surface area contributed by atoms with E-state index in [0.29, 0.717) is 5.56 Å². The zero-order valence-corrected chi connectivity index (χ0v) is 11.7. The minimum Gasteiger partial charge on any atom is -0.294 e. The first-order valence-corrected chi connectivity index (χ1v) is 6.51. The van der Waals surface area contributed by atoms with Crippen molar-refractivity contribution in [1.29, 1.82) is 0 Å². The summed E-state index contributed by atoms with van der Waals surface area (Å²) >= 11 is 0. The number of ketones is 1. The van der Waals surface area contributed by atoms with Gasteiger partial charge in [0.2, 0.25) is 0 Å². The van der Waals surface area contributed by atoms with E-state index in [1.54, 1.807) is 6.92 Å². The van der Waals surface area contributed by atoms with Gasteiger partial charge in [0, 0.05) is 10.9 Å². The second kappa shape index (κ2) is 4.56. The van der Waals surface area contributed by atoms with Crippen LogP contribution >= 0.6 is 0 Å². The zero-order valence-electron chi connectivity index (χ0n) is 11.7. The summed E-state index contributed by atoms with van der Waals surface area (Å²) in [5.41, 5.74) is 4.03. The maximum absolute atomic E-state index is 11.6. The zero-order chi connectivity index (χ0) is 14.3. The molecule has 2 aromatic heterocycles. The lowest BCUT2D eigenvalue weighted by molar-refractivity contribution is 0.101. The Bertz CT molecular complexity index is 803. The molecule has 0 saturated carbocycles. The fourth-order valence-corrected chi connectivity index (χ4v) is 2.38. The molecule has 4 nitrogen and oxygen atoms in total. The van der Waals surface area contributed by atoms with E-state index in [4.69, 9.17) is 0 Å². The first kappa shape index (κ1) is 12.5. The number of hydrogen-bond donors (Lipinski definition) is 0. The van der Waals surface area contributed by atoms with E-state index < -0.39 is 0 Å². The third kappa shape index (κ3) is 1.90. The summed E-state index contributed by atoms with van der Waals surface area (Å²) in [7, 11) is 0. The van der Waals surface area contributed by atoms with Crippen molar-refractivity contribution in [2.75, 3.05) is 0 Å². The summed E-state index contributed by atoms with van der Waals surface area (Å²) in [4.78, 5) is 16.2. The van der Waals surface area contributed by atoms with Gasteiger partial charge >= 0.3 is 0 Å². The molecule has 0 unspecified atom stereocenters. The second-order valence-electron chi connectivity index (χ2n) is 4.88. The van der Waals surface area contributed by atoms with Crippen LogP contribution in [0.15, 0.2) is 36.4 Å². The molecule has 0 atom stereocenters. The molecular formula is C16H15N3O. The molecule has 0 N–H and O–H groups in total. The lowest BCUT2D eigenvalue weighted by Crippen LogP contribution is -2.02. The number of rotatable bonds is 2. The number of fused-ring (bicyclic) bond motifs is 1. The molecule has 0 amide bonds. The second-order valence-corrected chi connectivity index (χ2v) is 4.88. The summed E-state index contributed by atoms with van der Waals surface area (Å²) in [6.07, 6.45) is 0. The third-order valence-corrected chi connectivity index (χ3v) is 3.41. The van der Waals surface area contributed by atoms with Gasteiger partial charge in [-0.25, -0.2) is 9.67 Å². The Morgan fingerprint density at radius 2 is 1.80 bits per heavy atom. The van der Waals surface area contributed by atoms with Crippen LogP contribution < -0.4 is 0 Å². The van der Waals surface area contributed by atoms with Crippen molar-refractivity contribution in [2.45, 2.75) is 20.8 Å². The molecular weight excluding hydrogens is 250 g/mol. The summed E-state index contributed by atoms with van der Waals surface area (Å²) in [5, 5.41) is 5.47. The Labute approximate surface area is 117 Å². The Balaban J connectivity index is 2.32. The fraction of sp³-hybridized carbons (Fsp3) is 0.188. The number of aromatic nitrogens is 3. The molecule has 0 aliphatic carbocycles. The average molecular weight is 265 g/mol. The van der Waals surface area contributed by atoms with Crippen molar-refractivity contribution in [3.63, 3.8) is 0 Å². The Morgan fingerprint density at radius 3 is 2.45 bits per heavy atom. The van der Waals surface area contributed by atoms with Gasteiger partial charge in [0.25, 0.3) is 0 Å². The Kier molecular flexibility index (Phi) is 2.86. The highest BCUT2D eigenvalue weighted by Crippen LogP contribution is 2.23. The molecule has 0 fully saturated rings. The van der Waals surface area contributed by atoms with Gasteiger partial charge in [-0.3, -0.25) is 4.79 Å². The van der Waals surface area contributed by atoms with Crippen LogP contribution in [-0.2, 0) is 0 Å². The molecule has 3 aromatic rings. The normalized spacial score (nSPS) is 10.9. The number of para-hydroxylation sites is 1. The summed E-state index contributed by atoms with van der Waals surface area (Å²) in [6, 6.07) is 11.8. The number of Topliss-reactive ketones (excluding diaryl/α,β-unsaturated/α-hetero) is 1. The van der Waals surface area contributed by atoms with Gasteiger partial charge in [-0.2, -0.15) is 5.10 Å². The number of carbonyl (C=O) groups is 1. The van der Waals surface area contributed by atoms with Crippen LogP contribution in [0.3, 0.4) is 0 Å². The lowest BCUT2D eigenvalue weighted by atomic mass is 10.1. The van der Waals surface area contributed by atoms with Crippen LogP contribution in [0.5, 0.6) is 0 Å². The predicted octanol–water partition coefficient (Wildman–Crippen LogP) is 3.24. The van der Waals surface area contributed by atoms with Crippen molar-refractivity contribution in [2.24, 2.45) is 0 Å². The monoisotopic (exact) mass is 265 g/mol. The van der Waals surface area contributed by atoms with Gasteiger partial charge in [-0.15, -0.1) is 0 Å². The third-order valence-electron chi connectivity index (χ3n) is 3.41. The van der Waals surface area contributed by atoms with Gasteiger partial charge in [-0.1, -0.05) is 18.2 Å². The summed E-state index contributed by atoms with van der Waals surface area (Å²) in [6.45, 7) is 5.35. The van der Waals surface area contributed by atoms with Crippen molar-refractivity contribution >= 4 is 16.8 Å². The lowest BCUT2D eigenvalue weighted by Gasteiger charge is -2.05. The number of hydrogen-bond acceptors (Lipinski definition) is 3. The maximum atomic E-state index is 11.6. The van der Waals surface area contributed by atoms with E-state index in [1.165, 1.54) is 0 Å². The fourth-order valence-electron chi connectivity index (χ4n) is 2.38. The molecule has 1 aromatic carbocycles. The van der Waals surface area contributed by atoms with E-state index in [9.17, 15) is 4.79 Å². The van der Waals surface area contributed by atoms with Crippen LogP contribution in [0, 0.1) is 13.8 Å². The van der Waals surface area contributed by atoms with E-state index in [1.807, 2.05) is 54.9 Å². The molecule has 3 rings (SSSR count). The highest BCUT2D eigenvalue weighted by atomic mass is 16.1. The number of nitrogens with zero attached hydrogens (tertiary/aromatic N) is 3. The maximum Gasteiger partial charge on any atom is 0.163 e. The van der Waals surface area contributed by atoms with Crippen LogP contribution in [0.25, 0.3) is 16.7 Å². The molecule has 100 valence electrons. The Hall–Kier alpha value is -2.49. The van der Waals surface area contributed by atoms with Gasteiger partial charge in [0.05, 0.1) is 17.1 Å². The number of pyridine rings is 1. The number of aryl methyl sites for hydroxylation is 2. The highest BCUT2D eigenvalue weighted by molar-refractivity contribution is 5.98. The molecule has 20 heavy (non-hydrogen) atoms. The van der Waals surface area contributed by atoms with Crippen molar-refractivity contribution in [3.05, 3.63) is 53.3 Å². The standard InChI is InChI=1S/C16H15N3O/c1-10-14(12(3)20)9-15-11(2)18-19(16(15)17-10)13-7-5-4-6-8-13/h4-9H,1-3H3. The first-order chi connectivity index (χ1) is 9.58. The summed E-state index contributed by atoms with van der Waals surface area (Å²) in [5.74, 6) is 0.0313. The minimum absolute atomic E-state index is 0.0313. The highest BCUT2D eigenvalue weighted by Gasteiger charge is 2.14. The molecule has 0 spiro atoms. The van der Waals surface area contributed by atoms with Crippen LogP contribution in [0.4, 0.5) is 0 Å². The predicted molar refractivity (Wildman–Crippen MR) is 78.3 cm³/mol. The number of benzene rings is 1. The first-order valence-electron chi connectivity index (χ1n) is 6.51. The van der Waals surface area contributed by atoms with E-state index >= 15 is 0 Å². The van der Waals surface area contributed by atoms with Gasteiger partial charge in [-0.05, 0) is 39.0 Å². The number of carbonyl (C=O) groups excluding carboxylic acids is 1. The van der Waals surface area contributed by atoms with Crippen LogP contribution in [0.1, 0.15) is 28.7 Å². The van der Waals surface area contributed by atoms with Gasteiger partial charge < -0.3 is 0 Å². The molecule has 4 heteroatoms. The van der Waals surface area contributed by atoms with Crippen LogP contribution in [-0.4, -0.2) is 20.5 Å². The van der Waals surface area contributed by atoms with E-state index in [-0.39, 0.29) is 5.78 Å². The smallest absolute Gasteiger partial charge is 0.163 e.